The minimum absolute atomic E-state index is 0.239. The maximum absolute atomic E-state index is 13.7. The van der Waals surface area contributed by atoms with Gasteiger partial charge in [-0.25, -0.2) is 4.90 Å². The maximum Gasteiger partial charge on any atom is 0.283 e. The summed E-state index contributed by atoms with van der Waals surface area (Å²) in [7, 11) is 0. The van der Waals surface area contributed by atoms with Gasteiger partial charge in [0.2, 0.25) is 0 Å². The van der Waals surface area contributed by atoms with Crippen LogP contribution in [0.2, 0.25) is 5.02 Å². The van der Waals surface area contributed by atoms with E-state index in [1.165, 1.54) is 16.7 Å². The van der Waals surface area contributed by atoms with Crippen molar-refractivity contribution in [1.29, 1.82) is 0 Å². The molecule has 0 aliphatic carbocycles. The van der Waals surface area contributed by atoms with Gasteiger partial charge in [-0.05, 0) is 91.7 Å². The lowest BCUT2D eigenvalue weighted by Gasteiger charge is -2.16. The molecule has 0 unspecified atom stereocenters. The first-order valence-corrected chi connectivity index (χ1v) is 12.8. The molecule has 0 atom stereocenters. The number of amides is 2. The van der Waals surface area contributed by atoms with Crippen molar-refractivity contribution in [1.82, 2.24) is 0 Å². The predicted molar refractivity (Wildman–Crippen MR) is 149 cm³/mol. The third kappa shape index (κ3) is 5.40. The number of benzene rings is 4. The van der Waals surface area contributed by atoms with Crippen LogP contribution in [-0.4, -0.2) is 11.8 Å². The molecule has 4 aromatic rings. The predicted octanol–water partition coefficient (Wildman–Crippen LogP) is 7.74. The molecule has 37 heavy (non-hydrogen) atoms. The fraction of sp³-hybridized carbons (Fsp3) is 0.0667. The number of halogens is 1. The normalized spacial score (nSPS) is 13.3. The Morgan fingerprint density at radius 3 is 2.16 bits per heavy atom. The lowest BCUT2D eigenvalue weighted by Crippen LogP contribution is -2.32. The Morgan fingerprint density at radius 1 is 0.784 bits per heavy atom. The van der Waals surface area contributed by atoms with Crippen LogP contribution < -0.4 is 15.0 Å². The van der Waals surface area contributed by atoms with Crippen LogP contribution in [0, 0.1) is 13.8 Å². The van der Waals surface area contributed by atoms with Crippen molar-refractivity contribution in [2.24, 2.45) is 0 Å². The van der Waals surface area contributed by atoms with Crippen molar-refractivity contribution < 1.29 is 14.3 Å². The second-order valence-corrected chi connectivity index (χ2v) is 10.1. The van der Waals surface area contributed by atoms with Gasteiger partial charge in [-0.2, -0.15) is 0 Å². The van der Waals surface area contributed by atoms with Gasteiger partial charge in [-0.15, -0.1) is 0 Å². The number of anilines is 2. The Bertz CT molecular complexity index is 1500. The zero-order valence-corrected chi connectivity index (χ0v) is 21.8. The molecule has 184 valence electrons. The van der Waals surface area contributed by atoms with Gasteiger partial charge in [0.25, 0.3) is 11.8 Å². The van der Waals surface area contributed by atoms with E-state index >= 15 is 0 Å². The molecule has 1 N–H and O–H groups in total. The molecule has 0 radical (unpaired) electrons. The maximum atomic E-state index is 13.7. The Labute approximate surface area is 224 Å². The van der Waals surface area contributed by atoms with Gasteiger partial charge in [0.1, 0.15) is 22.1 Å². The van der Waals surface area contributed by atoms with Crippen molar-refractivity contribution in [2.45, 2.75) is 18.7 Å². The highest BCUT2D eigenvalue weighted by atomic mass is 35.5. The summed E-state index contributed by atoms with van der Waals surface area (Å²) in [4.78, 5) is 29.6. The van der Waals surface area contributed by atoms with E-state index in [2.05, 4.69) is 5.32 Å². The van der Waals surface area contributed by atoms with Crippen LogP contribution in [0.4, 0.5) is 11.4 Å². The van der Waals surface area contributed by atoms with Crippen LogP contribution in [0.5, 0.6) is 11.5 Å². The Kier molecular flexibility index (Phi) is 7.04. The van der Waals surface area contributed by atoms with Gasteiger partial charge in [-0.1, -0.05) is 53.7 Å². The minimum atomic E-state index is -0.418. The summed E-state index contributed by atoms with van der Waals surface area (Å²) in [6, 6.07) is 29.4. The fourth-order valence-corrected chi connectivity index (χ4v) is 4.92. The Balaban J connectivity index is 1.47. The second kappa shape index (κ2) is 10.5. The first-order chi connectivity index (χ1) is 17.9. The molecule has 0 spiro atoms. The molecule has 0 fully saturated rings. The van der Waals surface area contributed by atoms with E-state index in [9.17, 15) is 9.59 Å². The number of aryl methyl sites for hydroxylation is 2. The van der Waals surface area contributed by atoms with Gasteiger partial charge in [0.15, 0.2) is 0 Å². The van der Waals surface area contributed by atoms with Crippen molar-refractivity contribution in [3.63, 3.8) is 0 Å². The van der Waals surface area contributed by atoms with E-state index in [1.54, 1.807) is 36.4 Å². The molecule has 0 bridgehead atoms. The minimum Gasteiger partial charge on any atom is -0.457 e. The number of nitrogens with zero attached hydrogens (tertiary/aromatic N) is 1. The number of nitrogens with one attached hydrogen (secondary N) is 1. The highest BCUT2D eigenvalue weighted by Crippen LogP contribution is 2.39. The quantitative estimate of drug-likeness (QED) is 0.250. The summed E-state index contributed by atoms with van der Waals surface area (Å²) >= 11 is 7.28. The van der Waals surface area contributed by atoms with E-state index in [0.29, 0.717) is 27.1 Å². The lowest BCUT2D eigenvalue weighted by atomic mass is 10.1. The van der Waals surface area contributed by atoms with Crippen LogP contribution in [-0.2, 0) is 9.59 Å². The van der Waals surface area contributed by atoms with Crippen LogP contribution in [0.3, 0.4) is 0 Å². The standard InChI is InChI=1S/C30H23ClN2O3S/c1-19-8-9-20(2)26(18-19)32-27-28(37-25-16-10-21(31)11-17-25)30(35)33(29(27)34)22-12-14-24(15-13-22)36-23-6-4-3-5-7-23/h3-18,32H,1-2H3. The van der Waals surface area contributed by atoms with Gasteiger partial charge in [-0.3, -0.25) is 9.59 Å². The zero-order chi connectivity index (χ0) is 25.9. The smallest absolute Gasteiger partial charge is 0.283 e. The number of ether oxygens (including phenoxy) is 1. The molecule has 1 heterocycles. The molecule has 5 nitrogen and oxygen atoms in total. The summed E-state index contributed by atoms with van der Waals surface area (Å²) < 4.78 is 5.86. The number of rotatable bonds is 7. The van der Waals surface area contributed by atoms with Gasteiger partial charge in [0.05, 0.1) is 5.69 Å². The summed E-state index contributed by atoms with van der Waals surface area (Å²) in [6.07, 6.45) is 0. The molecule has 4 aromatic carbocycles. The molecule has 0 saturated carbocycles. The molecule has 2 amide bonds. The van der Waals surface area contributed by atoms with E-state index in [4.69, 9.17) is 16.3 Å². The highest BCUT2D eigenvalue weighted by Gasteiger charge is 2.40. The summed E-state index contributed by atoms with van der Waals surface area (Å²) in [5.41, 5.74) is 3.49. The molecule has 5 rings (SSSR count). The highest BCUT2D eigenvalue weighted by molar-refractivity contribution is 8.04. The van der Waals surface area contributed by atoms with Crippen molar-refractivity contribution in [3.05, 3.63) is 124 Å². The third-order valence-corrected chi connectivity index (χ3v) is 7.14. The first-order valence-electron chi connectivity index (χ1n) is 11.6. The molecular weight excluding hydrogens is 504 g/mol. The Morgan fingerprint density at radius 2 is 1.46 bits per heavy atom. The van der Waals surface area contributed by atoms with Crippen molar-refractivity contribution in [3.8, 4) is 11.5 Å². The van der Waals surface area contributed by atoms with Crippen LogP contribution in [0.25, 0.3) is 0 Å². The number of carbonyl (C=O) groups is 2. The van der Waals surface area contributed by atoms with E-state index in [-0.39, 0.29) is 5.70 Å². The van der Waals surface area contributed by atoms with Crippen LogP contribution in [0.15, 0.2) is 113 Å². The van der Waals surface area contributed by atoms with E-state index < -0.39 is 11.8 Å². The van der Waals surface area contributed by atoms with Crippen molar-refractivity contribution >= 4 is 46.6 Å². The number of imide groups is 1. The SMILES string of the molecule is Cc1ccc(C)c(NC2=C(Sc3ccc(Cl)cc3)C(=O)N(c3ccc(Oc4ccccc4)cc3)C2=O)c1. The average Bonchev–Trinajstić information content (AvgIpc) is 3.12. The largest absolute Gasteiger partial charge is 0.457 e. The summed E-state index contributed by atoms with van der Waals surface area (Å²) in [5.74, 6) is 0.493. The first kappa shape index (κ1) is 24.7. The Hall–Kier alpha value is -4.00. The monoisotopic (exact) mass is 526 g/mol. The van der Waals surface area contributed by atoms with Gasteiger partial charge in [0, 0.05) is 15.6 Å². The van der Waals surface area contributed by atoms with Crippen molar-refractivity contribution in [2.75, 3.05) is 10.2 Å². The summed E-state index contributed by atoms with van der Waals surface area (Å²) in [6.45, 7) is 3.94. The number of para-hydroxylation sites is 1. The number of carbonyl (C=O) groups excluding carboxylic acids is 2. The van der Waals surface area contributed by atoms with Gasteiger partial charge >= 0.3 is 0 Å². The van der Waals surface area contributed by atoms with Crippen LogP contribution in [0.1, 0.15) is 11.1 Å². The van der Waals surface area contributed by atoms with E-state index in [0.717, 1.165) is 21.7 Å². The van der Waals surface area contributed by atoms with Gasteiger partial charge < -0.3 is 10.1 Å². The number of hydrogen-bond acceptors (Lipinski definition) is 5. The average molecular weight is 527 g/mol. The molecule has 0 aromatic heterocycles. The van der Waals surface area contributed by atoms with E-state index in [1.807, 2.05) is 74.5 Å². The molecule has 1 aliphatic rings. The fourth-order valence-electron chi connectivity index (χ4n) is 3.86. The molecular formula is C30H23ClN2O3S. The number of thioether (sulfide) groups is 1. The van der Waals surface area contributed by atoms with Crippen LogP contribution >= 0.6 is 23.4 Å². The third-order valence-electron chi connectivity index (χ3n) is 5.80. The molecule has 1 aliphatic heterocycles. The molecule has 7 heteroatoms. The lowest BCUT2D eigenvalue weighted by molar-refractivity contribution is -0.120. The number of hydrogen-bond donors (Lipinski definition) is 1. The molecule has 0 saturated heterocycles. The topological polar surface area (TPSA) is 58.6 Å². The second-order valence-electron chi connectivity index (χ2n) is 8.56. The zero-order valence-electron chi connectivity index (χ0n) is 20.2. The summed E-state index contributed by atoms with van der Waals surface area (Å²) in [5, 5.41) is 3.85.